The number of ether oxygens (including phenoxy) is 1. The van der Waals surface area contributed by atoms with Crippen LogP contribution in [0, 0.1) is 0 Å². The number of nitrogens with one attached hydrogen (secondary N) is 1. The third-order valence-electron chi connectivity index (χ3n) is 3.21. The molecule has 0 bridgehead atoms. The highest BCUT2D eigenvalue weighted by atomic mass is 32.1. The lowest BCUT2D eigenvalue weighted by molar-refractivity contribution is -0.149. The van der Waals surface area contributed by atoms with E-state index in [1.807, 2.05) is 18.4 Å². The number of hydrogen-bond donors (Lipinski definition) is 2. The molecule has 2 atom stereocenters. The summed E-state index contributed by atoms with van der Waals surface area (Å²) >= 11 is 1.42. The van der Waals surface area contributed by atoms with Crippen molar-refractivity contribution in [2.24, 2.45) is 0 Å². The fourth-order valence-corrected chi connectivity index (χ4v) is 3.05. The summed E-state index contributed by atoms with van der Waals surface area (Å²) in [5.41, 5.74) is 1.04. The summed E-state index contributed by atoms with van der Waals surface area (Å²) in [4.78, 5) is 23.5. The second kappa shape index (κ2) is 6.16. The average Bonchev–Trinajstić information content (AvgIpc) is 3.04. The van der Waals surface area contributed by atoms with E-state index in [1.54, 1.807) is 0 Å². The van der Waals surface area contributed by atoms with Gasteiger partial charge in [-0.2, -0.15) is 0 Å². The summed E-state index contributed by atoms with van der Waals surface area (Å²) in [7, 11) is 0. The fourth-order valence-electron chi connectivity index (χ4n) is 2.14. The molecule has 2 N–H and O–H groups in total. The molecule has 1 aromatic heterocycles. The highest BCUT2D eigenvalue weighted by molar-refractivity contribution is 7.12. The Morgan fingerprint density at radius 2 is 2.32 bits per heavy atom. The first-order valence-electron chi connectivity index (χ1n) is 6.34. The molecule has 0 spiro atoms. The second-order valence-corrected chi connectivity index (χ2v) is 5.42. The van der Waals surface area contributed by atoms with E-state index in [4.69, 9.17) is 9.84 Å². The summed E-state index contributed by atoms with van der Waals surface area (Å²) in [5.74, 6) is -1.03. The van der Waals surface area contributed by atoms with Gasteiger partial charge in [0.1, 0.15) is 0 Å². The number of carbonyl (C=O) groups is 2. The third kappa shape index (κ3) is 3.33. The molecule has 2 unspecified atom stereocenters. The number of aliphatic carboxylic acids is 1. The van der Waals surface area contributed by atoms with Crippen LogP contribution >= 0.6 is 11.3 Å². The van der Waals surface area contributed by atoms with E-state index in [-0.39, 0.29) is 12.0 Å². The van der Waals surface area contributed by atoms with Crippen LogP contribution in [-0.4, -0.2) is 35.7 Å². The van der Waals surface area contributed by atoms with Crippen molar-refractivity contribution in [3.8, 4) is 0 Å². The largest absolute Gasteiger partial charge is 0.479 e. The molecule has 6 heteroatoms. The maximum absolute atomic E-state index is 12.0. The Hall–Kier alpha value is -1.40. The Labute approximate surface area is 115 Å². The first-order chi connectivity index (χ1) is 9.11. The van der Waals surface area contributed by atoms with Gasteiger partial charge in [-0.25, -0.2) is 4.79 Å². The average molecular weight is 283 g/mol. The molecule has 1 saturated heterocycles. The molecular formula is C13H17NO4S. The summed E-state index contributed by atoms with van der Waals surface area (Å²) in [6.07, 6.45) is 1.08. The van der Waals surface area contributed by atoms with Crippen LogP contribution in [0.1, 0.15) is 35.0 Å². The van der Waals surface area contributed by atoms with E-state index in [1.165, 1.54) is 11.3 Å². The minimum atomic E-state index is -0.930. The fraction of sp³-hybridized carbons (Fsp3) is 0.538. The zero-order chi connectivity index (χ0) is 13.8. The topological polar surface area (TPSA) is 75.6 Å². The van der Waals surface area contributed by atoms with Crippen molar-refractivity contribution in [2.75, 3.05) is 6.54 Å². The number of carbonyl (C=O) groups excluding carboxylic acids is 1. The van der Waals surface area contributed by atoms with Crippen LogP contribution in [-0.2, 0) is 16.0 Å². The quantitative estimate of drug-likeness (QED) is 0.862. The lowest BCUT2D eigenvalue weighted by Gasteiger charge is -2.12. The van der Waals surface area contributed by atoms with Crippen LogP contribution in [0.25, 0.3) is 0 Å². The molecule has 2 rings (SSSR count). The van der Waals surface area contributed by atoms with E-state index in [9.17, 15) is 9.59 Å². The molecule has 1 aliphatic rings. The van der Waals surface area contributed by atoms with Crippen molar-refractivity contribution < 1.29 is 19.4 Å². The van der Waals surface area contributed by atoms with Crippen LogP contribution in [0.5, 0.6) is 0 Å². The predicted molar refractivity (Wildman–Crippen MR) is 71.6 cm³/mol. The van der Waals surface area contributed by atoms with Gasteiger partial charge in [-0.1, -0.05) is 6.92 Å². The summed E-state index contributed by atoms with van der Waals surface area (Å²) < 4.78 is 5.34. The van der Waals surface area contributed by atoms with E-state index >= 15 is 0 Å². The van der Waals surface area contributed by atoms with Crippen LogP contribution in [0.15, 0.2) is 11.4 Å². The monoisotopic (exact) mass is 283 g/mol. The molecule has 5 nitrogen and oxygen atoms in total. The number of amides is 1. The maximum Gasteiger partial charge on any atom is 0.332 e. The molecule has 1 amide bonds. The number of aryl methyl sites for hydroxylation is 1. The molecule has 0 aromatic carbocycles. The van der Waals surface area contributed by atoms with Gasteiger partial charge in [0.2, 0.25) is 0 Å². The summed E-state index contributed by atoms with van der Waals surface area (Å²) in [6.45, 7) is 2.38. The summed E-state index contributed by atoms with van der Waals surface area (Å²) in [6, 6.07) is 1.95. The van der Waals surface area contributed by atoms with Gasteiger partial charge in [0, 0.05) is 6.54 Å². The number of carboxylic acid groups (broad SMARTS) is 1. The SMILES string of the molecule is CCc1ccsc1C(=O)NCC1CCC(C(=O)O)O1. The zero-order valence-electron chi connectivity index (χ0n) is 10.7. The first-order valence-corrected chi connectivity index (χ1v) is 7.22. The van der Waals surface area contributed by atoms with Gasteiger partial charge in [-0.05, 0) is 36.3 Å². The molecule has 104 valence electrons. The van der Waals surface area contributed by atoms with Gasteiger partial charge in [0.15, 0.2) is 6.10 Å². The molecule has 0 saturated carbocycles. The van der Waals surface area contributed by atoms with Crippen molar-refractivity contribution in [1.29, 1.82) is 0 Å². The number of carboxylic acids is 1. The first kappa shape index (κ1) is 14.0. The Morgan fingerprint density at radius 3 is 2.95 bits per heavy atom. The highest BCUT2D eigenvalue weighted by Crippen LogP contribution is 2.20. The number of hydrogen-bond acceptors (Lipinski definition) is 4. The second-order valence-electron chi connectivity index (χ2n) is 4.50. The Balaban J connectivity index is 1.83. The van der Waals surface area contributed by atoms with Gasteiger partial charge in [0.05, 0.1) is 11.0 Å². The summed E-state index contributed by atoms with van der Waals surface area (Å²) in [5, 5.41) is 13.5. The van der Waals surface area contributed by atoms with Gasteiger partial charge in [0.25, 0.3) is 5.91 Å². The molecule has 1 aliphatic heterocycles. The Kier molecular flexibility index (Phi) is 4.55. The normalized spacial score (nSPS) is 22.4. The molecule has 1 aromatic rings. The van der Waals surface area contributed by atoms with E-state index < -0.39 is 12.1 Å². The van der Waals surface area contributed by atoms with Crippen molar-refractivity contribution in [3.63, 3.8) is 0 Å². The van der Waals surface area contributed by atoms with E-state index in [0.717, 1.165) is 16.9 Å². The van der Waals surface area contributed by atoms with Crippen molar-refractivity contribution >= 4 is 23.2 Å². The Morgan fingerprint density at radius 1 is 1.53 bits per heavy atom. The zero-order valence-corrected chi connectivity index (χ0v) is 11.5. The van der Waals surface area contributed by atoms with Gasteiger partial charge >= 0.3 is 5.97 Å². The van der Waals surface area contributed by atoms with Gasteiger partial charge < -0.3 is 15.2 Å². The minimum absolute atomic E-state index is 0.103. The van der Waals surface area contributed by atoms with E-state index in [2.05, 4.69) is 5.32 Å². The Bertz CT molecular complexity index is 471. The molecule has 0 aliphatic carbocycles. The molecule has 0 radical (unpaired) electrons. The lowest BCUT2D eigenvalue weighted by Crippen LogP contribution is -2.33. The minimum Gasteiger partial charge on any atom is -0.479 e. The van der Waals surface area contributed by atoms with Crippen LogP contribution < -0.4 is 5.32 Å². The molecule has 1 fully saturated rings. The van der Waals surface area contributed by atoms with Gasteiger partial charge in [-0.3, -0.25) is 4.79 Å². The van der Waals surface area contributed by atoms with Crippen molar-refractivity contribution in [3.05, 3.63) is 21.9 Å². The maximum atomic E-state index is 12.0. The van der Waals surface area contributed by atoms with Gasteiger partial charge in [-0.15, -0.1) is 11.3 Å². The van der Waals surface area contributed by atoms with Crippen LogP contribution in [0.3, 0.4) is 0 Å². The van der Waals surface area contributed by atoms with Crippen LogP contribution in [0.4, 0.5) is 0 Å². The number of thiophene rings is 1. The van der Waals surface area contributed by atoms with E-state index in [0.29, 0.717) is 19.4 Å². The van der Waals surface area contributed by atoms with Crippen molar-refractivity contribution in [1.82, 2.24) is 5.32 Å². The standard InChI is InChI=1S/C13H17NO4S/c1-2-8-5-6-19-11(8)12(15)14-7-9-3-4-10(18-9)13(16)17/h5-6,9-10H,2-4,7H2,1H3,(H,14,15)(H,16,17). The predicted octanol–water partition coefficient (Wildman–Crippen LogP) is 1.67. The van der Waals surface area contributed by atoms with Crippen LogP contribution in [0.2, 0.25) is 0 Å². The number of rotatable bonds is 5. The molecular weight excluding hydrogens is 266 g/mol. The smallest absolute Gasteiger partial charge is 0.332 e. The molecule has 2 heterocycles. The highest BCUT2D eigenvalue weighted by Gasteiger charge is 2.30. The third-order valence-corrected chi connectivity index (χ3v) is 4.16. The molecule has 19 heavy (non-hydrogen) atoms. The lowest BCUT2D eigenvalue weighted by atomic mass is 10.2. The van der Waals surface area contributed by atoms with Crippen molar-refractivity contribution in [2.45, 2.75) is 38.4 Å².